The number of hydrogen-bond donors (Lipinski definition) is 2. The van der Waals surface area contributed by atoms with Crippen molar-refractivity contribution in [2.75, 3.05) is 19.0 Å². The van der Waals surface area contributed by atoms with E-state index in [1.54, 1.807) is 12.3 Å². The molecule has 3 N–H and O–H groups in total. The second-order valence-electron chi connectivity index (χ2n) is 2.65. The predicted octanol–water partition coefficient (Wildman–Crippen LogP) is 0.411. The van der Waals surface area contributed by atoms with Gasteiger partial charge < -0.3 is 15.9 Å². The van der Waals surface area contributed by atoms with E-state index in [9.17, 15) is 4.79 Å². The van der Waals surface area contributed by atoms with Crippen molar-refractivity contribution in [1.29, 1.82) is 0 Å². The third-order valence-corrected chi connectivity index (χ3v) is 2.29. The molecule has 0 fully saturated rings. The average molecular weight is 228 g/mol. The smallest absolute Gasteiger partial charge is 0.239 e. The Morgan fingerprint density at radius 1 is 1.80 bits per heavy atom. The van der Waals surface area contributed by atoms with Gasteiger partial charge in [-0.05, 0) is 6.92 Å². The quantitative estimate of drug-likeness (QED) is 0.577. The van der Waals surface area contributed by atoms with Gasteiger partial charge in [0.1, 0.15) is 18.5 Å². The SMILES string of the molecule is CO/N=C(/C)c1csc(NC(=O)CN)n1. The molecule has 1 heterocycles. The van der Waals surface area contributed by atoms with Crippen LogP contribution in [0.1, 0.15) is 12.6 Å². The molecule has 0 bridgehead atoms. The number of hydrogen-bond acceptors (Lipinski definition) is 6. The van der Waals surface area contributed by atoms with Gasteiger partial charge in [0.25, 0.3) is 0 Å². The zero-order valence-corrected chi connectivity index (χ0v) is 9.30. The van der Waals surface area contributed by atoms with Crippen LogP contribution >= 0.6 is 11.3 Å². The predicted molar refractivity (Wildman–Crippen MR) is 59.0 cm³/mol. The molecule has 0 saturated heterocycles. The third-order valence-electron chi connectivity index (χ3n) is 1.53. The molecule has 0 aromatic carbocycles. The zero-order chi connectivity index (χ0) is 11.3. The molecular formula is C8H12N4O2S. The van der Waals surface area contributed by atoms with Crippen LogP contribution in [0.15, 0.2) is 10.5 Å². The maximum Gasteiger partial charge on any atom is 0.239 e. The van der Waals surface area contributed by atoms with E-state index in [1.165, 1.54) is 18.4 Å². The Hall–Kier alpha value is -1.47. The largest absolute Gasteiger partial charge is 0.399 e. The number of thiazole rings is 1. The molecule has 1 aromatic heterocycles. The average Bonchev–Trinajstić information content (AvgIpc) is 2.66. The fraction of sp³-hybridized carbons (Fsp3) is 0.375. The van der Waals surface area contributed by atoms with E-state index in [4.69, 9.17) is 5.73 Å². The Morgan fingerprint density at radius 2 is 2.53 bits per heavy atom. The summed E-state index contributed by atoms with van der Waals surface area (Å²) >= 11 is 1.31. The van der Waals surface area contributed by atoms with Gasteiger partial charge in [0.05, 0.1) is 6.54 Å². The molecule has 7 heteroatoms. The molecular weight excluding hydrogens is 216 g/mol. The van der Waals surface area contributed by atoms with Crippen LogP contribution in [0.5, 0.6) is 0 Å². The minimum absolute atomic E-state index is 0.0555. The zero-order valence-electron chi connectivity index (χ0n) is 8.48. The van der Waals surface area contributed by atoms with Crippen molar-refractivity contribution >= 4 is 28.1 Å². The van der Waals surface area contributed by atoms with E-state index in [0.717, 1.165) is 0 Å². The highest BCUT2D eigenvalue weighted by Gasteiger charge is 2.07. The van der Waals surface area contributed by atoms with E-state index in [-0.39, 0.29) is 12.5 Å². The van der Waals surface area contributed by atoms with Gasteiger partial charge in [-0.15, -0.1) is 11.3 Å². The molecule has 0 aliphatic rings. The van der Waals surface area contributed by atoms with Crippen LogP contribution in [0.25, 0.3) is 0 Å². The van der Waals surface area contributed by atoms with Gasteiger partial charge in [-0.2, -0.15) is 0 Å². The minimum Gasteiger partial charge on any atom is -0.399 e. The maximum atomic E-state index is 11.0. The molecule has 0 aliphatic heterocycles. The number of aromatic nitrogens is 1. The maximum absolute atomic E-state index is 11.0. The molecule has 1 rings (SSSR count). The van der Waals surface area contributed by atoms with Crippen LogP contribution in [-0.4, -0.2) is 30.3 Å². The first kappa shape index (κ1) is 11.6. The lowest BCUT2D eigenvalue weighted by Gasteiger charge is -1.96. The molecule has 1 aromatic rings. The van der Waals surface area contributed by atoms with Crippen molar-refractivity contribution < 1.29 is 9.63 Å². The van der Waals surface area contributed by atoms with E-state index >= 15 is 0 Å². The molecule has 0 aliphatic carbocycles. The lowest BCUT2D eigenvalue weighted by atomic mass is 10.3. The van der Waals surface area contributed by atoms with E-state index in [2.05, 4.69) is 20.3 Å². The summed E-state index contributed by atoms with van der Waals surface area (Å²) in [7, 11) is 1.47. The molecule has 1 amide bonds. The van der Waals surface area contributed by atoms with Crippen LogP contribution in [-0.2, 0) is 9.63 Å². The van der Waals surface area contributed by atoms with Crippen molar-refractivity contribution in [3.63, 3.8) is 0 Å². The van der Waals surface area contributed by atoms with Gasteiger partial charge in [-0.3, -0.25) is 4.79 Å². The Labute approximate surface area is 91.1 Å². The Balaban J connectivity index is 2.72. The summed E-state index contributed by atoms with van der Waals surface area (Å²) in [5.74, 6) is -0.266. The number of carbonyl (C=O) groups excluding carboxylic acids is 1. The molecule has 0 saturated carbocycles. The van der Waals surface area contributed by atoms with Gasteiger partial charge in [-0.25, -0.2) is 4.98 Å². The Kier molecular flexibility index (Phi) is 4.19. The highest BCUT2D eigenvalue weighted by atomic mass is 32.1. The molecule has 0 radical (unpaired) electrons. The number of anilines is 1. The van der Waals surface area contributed by atoms with Crippen LogP contribution in [0.4, 0.5) is 5.13 Å². The first-order valence-corrected chi connectivity index (χ1v) is 5.09. The molecule has 82 valence electrons. The summed E-state index contributed by atoms with van der Waals surface area (Å²) in [5, 5.41) is 8.57. The normalized spacial score (nSPS) is 11.3. The highest BCUT2D eigenvalue weighted by Crippen LogP contribution is 2.15. The number of amides is 1. The highest BCUT2D eigenvalue weighted by molar-refractivity contribution is 7.14. The third kappa shape index (κ3) is 3.30. The summed E-state index contributed by atoms with van der Waals surface area (Å²) in [6, 6.07) is 0. The number of carbonyl (C=O) groups is 1. The van der Waals surface area contributed by atoms with Crippen molar-refractivity contribution in [2.24, 2.45) is 10.9 Å². The fourth-order valence-electron chi connectivity index (χ4n) is 0.851. The molecule has 6 nitrogen and oxygen atoms in total. The number of nitrogens with zero attached hydrogens (tertiary/aromatic N) is 2. The summed E-state index contributed by atoms with van der Waals surface area (Å²) in [4.78, 5) is 19.7. The molecule has 0 spiro atoms. The van der Waals surface area contributed by atoms with Gasteiger partial charge in [0, 0.05) is 5.38 Å². The van der Waals surface area contributed by atoms with E-state index in [1.807, 2.05) is 0 Å². The number of nitrogens with one attached hydrogen (secondary N) is 1. The number of rotatable bonds is 4. The fourth-order valence-corrected chi connectivity index (χ4v) is 1.62. The molecule has 0 unspecified atom stereocenters. The van der Waals surface area contributed by atoms with Gasteiger partial charge in [-0.1, -0.05) is 5.16 Å². The Bertz CT molecular complexity index is 374. The first-order valence-electron chi connectivity index (χ1n) is 4.21. The van der Waals surface area contributed by atoms with Gasteiger partial charge in [0.2, 0.25) is 5.91 Å². The second kappa shape index (κ2) is 5.42. The first-order chi connectivity index (χ1) is 7.17. The number of nitrogens with two attached hydrogens (primary N) is 1. The lowest BCUT2D eigenvalue weighted by molar-refractivity contribution is -0.114. The van der Waals surface area contributed by atoms with Crippen molar-refractivity contribution in [3.05, 3.63) is 11.1 Å². The van der Waals surface area contributed by atoms with Crippen LogP contribution in [0.2, 0.25) is 0 Å². The second-order valence-corrected chi connectivity index (χ2v) is 3.51. The van der Waals surface area contributed by atoms with Gasteiger partial charge in [0.15, 0.2) is 5.13 Å². The Morgan fingerprint density at radius 3 is 3.13 bits per heavy atom. The topological polar surface area (TPSA) is 89.6 Å². The molecule has 0 atom stereocenters. The summed E-state index contributed by atoms with van der Waals surface area (Å²) in [5.41, 5.74) is 6.49. The van der Waals surface area contributed by atoms with Crippen LogP contribution in [0.3, 0.4) is 0 Å². The summed E-state index contributed by atoms with van der Waals surface area (Å²) in [6.07, 6.45) is 0. The van der Waals surface area contributed by atoms with Crippen LogP contribution in [0, 0.1) is 0 Å². The van der Waals surface area contributed by atoms with E-state index in [0.29, 0.717) is 16.5 Å². The van der Waals surface area contributed by atoms with Crippen molar-refractivity contribution in [3.8, 4) is 0 Å². The summed E-state index contributed by atoms with van der Waals surface area (Å²) in [6.45, 7) is 1.72. The van der Waals surface area contributed by atoms with E-state index < -0.39 is 0 Å². The van der Waals surface area contributed by atoms with Crippen molar-refractivity contribution in [2.45, 2.75) is 6.92 Å². The summed E-state index contributed by atoms with van der Waals surface area (Å²) < 4.78 is 0. The number of oxime groups is 1. The van der Waals surface area contributed by atoms with Crippen LogP contribution < -0.4 is 11.1 Å². The van der Waals surface area contributed by atoms with Gasteiger partial charge >= 0.3 is 0 Å². The lowest BCUT2D eigenvalue weighted by Crippen LogP contribution is -2.21. The standard InChI is InChI=1S/C8H12N4O2S/c1-5(12-14-2)6-4-15-8(10-6)11-7(13)3-9/h4H,3,9H2,1-2H3,(H,10,11,13)/b12-5-. The minimum atomic E-state index is -0.266. The van der Waals surface area contributed by atoms with Crippen molar-refractivity contribution in [1.82, 2.24) is 4.98 Å². The molecule has 15 heavy (non-hydrogen) atoms. The monoisotopic (exact) mass is 228 g/mol.